The smallest absolute Gasteiger partial charge is 0.196 e. The molecule has 0 radical (unpaired) electrons. The highest BCUT2D eigenvalue weighted by Crippen LogP contribution is 2.27. The molecule has 128 valence electrons. The number of hydrogen-bond acceptors (Lipinski definition) is 5. The fourth-order valence-corrected chi connectivity index (χ4v) is 3.42. The van der Waals surface area contributed by atoms with Crippen LogP contribution in [-0.4, -0.2) is 32.9 Å². The molecule has 0 aliphatic rings. The molecule has 3 rings (SSSR count). The number of thioether (sulfide) groups is 1. The normalized spacial score (nSPS) is 12.0. The number of aryl methyl sites for hydroxylation is 1. The molecule has 2 aromatic carbocycles. The quantitative estimate of drug-likeness (QED) is 0.496. The molecule has 0 aliphatic heterocycles. The highest BCUT2D eigenvalue weighted by molar-refractivity contribution is 8.00. The van der Waals surface area contributed by atoms with Crippen molar-refractivity contribution in [2.45, 2.75) is 24.3 Å². The van der Waals surface area contributed by atoms with Gasteiger partial charge in [-0.3, -0.25) is 9.36 Å². The number of rotatable bonds is 6. The van der Waals surface area contributed by atoms with Crippen LogP contribution in [0.4, 0.5) is 0 Å². The zero-order valence-electron chi connectivity index (χ0n) is 14.3. The summed E-state index contributed by atoms with van der Waals surface area (Å²) in [5.41, 5.74) is 2.79. The summed E-state index contributed by atoms with van der Waals surface area (Å²) in [6.07, 6.45) is 1.68. The second-order valence-electron chi connectivity index (χ2n) is 5.62. The van der Waals surface area contributed by atoms with Crippen LogP contribution in [0.5, 0.6) is 5.75 Å². The number of para-hydroxylation sites is 1. The summed E-state index contributed by atoms with van der Waals surface area (Å²) in [7, 11) is 1.60. The van der Waals surface area contributed by atoms with Crippen molar-refractivity contribution in [2.24, 2.45) is 0 Å². The van der Waals surface area contributed by atoms with Gasteiger partial charge in [0.2, 0.25) is 0 Å². The molecule has 1 aromatic heterocycles. The maximum atomic E-state index is 12.7. The minimum absolute atomic E-state index is 0.0481. The Morgan fingerprint density at radius 3 is 2.56 bits per heavy atom. The molecule has 0 spiro atoms. The van der Waals surface area contributed by atoms with Crippen molar-refractivity contribution in [3.63, 3.8) is 0 Å². The summed E-state index contributed by atoms with van der Waals surface area (Å²) in [6, 6.07) is 15.2. The Morgan fingerprint density at radius 1 is 1.16 bits per heavy atom. The molecule has 6 heteroatoms. The van der Waals surface area contributed by atoms with E-state index in [-0.39, 0.29) is 11.0 Å². The number of ketones is 1. The van der Waals surface area contributed by atoms with Crippen molar-refractivity contribution in [1.29, 1.82) is 0 Å². The molecule has 1 unspecified atom stereocenters. The van der Waals surface area contributed by atoms with Crippen LogP contribution in [-0.2, 0) is 0 Å². The number of carbonyl (C=O) groups is 1. The number of methoxy groups -OCH3 is 1. The SMILES string of the molecule is COc1ccc(C(=O)C(C)Sc2nncn2-c2ccccc2C)cc1. The van der Waals surface area contributed by atoms with Gasteiger partial charge in [0, 0.05) is 5.56 Å². The van der Waals surface area contributed by atoms with Crippen molar-refractivity contribution in [1.82, 2.24) is 14.8 Å². The first-order valence-electron chi connectivity index (χ1n) is 7.91. The molecule has 0 fully saturated rings. The summed E-state index contributed by atoms with van der Waals surface area (Å²) in [5, 5.41) is 8.61. The number of ether oxygens (including phenoxy) is 1. The van der Waals surface area contributed by atoms with E-state index in [9.17, 15) is 4.79 Å². The van der Waals surface area contributed by atoms with Gasteiger partial charge in [0.1, 0.15) is 12.1 Å². The third kappa shape index (κ3) is 3.74. The summed E-state index contributed by atoms with van der Waals surface area (Å²) in [6.45, 7) is 3.92. The number of Topliss-reactive ketones (excluding diaryl/α,β-unsaturated/α-hetero) is 1. The number of nitrogens with zero attached hydrogens (tertiary/aromatic N) is 3. The lowest BCUT2D eigenvalue weighted by Crippen LogP contribution is -2.14. The lowest BCUT2D eigenvalue weighted by molar-refractivity contribution is 0.0994. The van der Waals surface area contributed by atoms with Crippen molar-refractivity contribution in [3.05, 3.63) is 66.0 Å². The molecule has 1 heterocycles. The van der Waals surface area contributed by atoms with Crippen LogP contribution in [0, 0.1) is 6.92 Å². The number of hydrogen-bond donors (Lipinski definition) is 0. The van der Waals surface area contributed by atoms with Gasteiger partial charge in [-0.05, 0) is 49.7 Å². The van der Waals surface area contributed by atoms with Crippen LogP contribution in [0.1, 0.15) is 22.8 Å². The zero-order chi connectivity index (χ0) is 17.8. The fourth-order valence-electron chi connectivity index (χ4n) is 2.51. The lowest BCUT2D eigenvalue weighted by atomic mass is 10.1. The van der Waals surface area contributed by atoms with Crippen molar-refractivity contribution >= 4 is 17.5 Å². The van der Waals surface area contributed by atoms with Crippen LogP contribution in [0.2, 0.25) is 0 Å². The van der Waals surface area contributed by atoms with Gasteiger partial charge in [0.25, 0.3) is 0 Å². The van der Waals surface area contributed by atoms with Gasteiger partial charge in [-0.25, -0.2) is 0 Å². The van der Waals surface area contributed by atoms with E-state index in [1.807, 2.05) is 42.7 Å². The van der Waals surface area contributed by atoms with Crippen LogP contribution in [0.15, 0.2) is 60.0 Å². The maximum Gasteiger partial charge on any atom is 0.196 e. The molecule has 25 heavy (non-hydrogen) atoms. The van der Waals surface area contributed by atoms with E-state index in [0.29, 0.717) is 10.7 Å². The highest BCUT2D eigenvalue weighted by Gasteiger charge is 2.20. The van der Waals surface area contributed by atoms with Crippen LogP contribution in [0.3, 0.4) is 0 Å². The largest absolute Gasteiger partial charge is 0.497 e. The molecule has 0 saturated heterocycles. The molecule has 0 N–H and O–H groups in total. The number of benzene rings is 2. The molecule has 1 atom stereocenters. The van der Waals surface area contributed by atoms with Crippen molar-refractivity contribution in [2.75, 3.05) is 7.11 Å². The van der Waals surface area contributed by atoms with E-state index in [2.05, 4.69) is 10.2 Å². The van der Waals surface area contributed by atoms with E-state index in [4.69, 9.17) is 4.74 Å². The molecule has 0 amide bonds. The fraction of sp³-hybridized carbons (Fsp3) is 0.211. The van der Waals surface area contributed by atoms with Gasteiger partial charge in [0.05, 0.1) is 18.0 Å². The zero-order valence-corrected chi connectivity index (χ0v) is 15.2. The van der Waals surface area contributed by atoms with Crippen LogP contribution in [0.25, 0.3) is 5.69 Å². The van der Waals surface area contributed by atoms with Crippen LogP contribution >= 0.6 is 11.8 Å². The Kier molecular flexibility index (Phi) is 5.19. The van der Waals surface area contributed by atoms with E-state index in [1.165, 1.54) is 11.8 Å². The average Bonchev–Trinajstić information content (AvgIpc) is 3.09. The van der Waals surface area contributed by atoms with E-state index >= 15 is 0 Å². The summed E-state index contributed by atoms with van der Waals surface area (Å²) in [4.78, 5) is 12.7. The second-order valence-corrected chi connectivity index (χ2v) is 6.93. The van der Waals surface area contributed by atoms with E-state index in [0.717, 1.165) is 17.0 Å². The lowest BCUT2D eigenvalue weighted by Gasteiger charge is -2.12. The second kappa shape index (κ2) is 7.53. The third-order valence-corrected chi connectivity index (χ3v) is 4.97. The van der Waals surface area contributed by atoms with Crippen molar-refractivity contribution < 1.29 is 9.53 Å². The Hall–Kier alpha value is -2.60. The number of aromatic nitrogens is 3. The Bertz CT molecular complexity index is 874. The van der Waals surface area contributed by atoms with Gasteiger partial charge in [-0.2, -0.15) is 0 Å². The topological polar surface area (TPSA) is 57.0 Å². The summed E-state index contributed by atoms with van der Waals surface area (Å²) >= 11 is 1.40. The molecule has 3 aromatic rings. The first-order valence-corrected chi connectivity index (χ1v) is 8.79. The summed E-state index contributed by atoms with van der Waals surface area (Å²) in [5.74, 6) is 0.781. The molecule has 0 saturated carbocycles. The average molecular weight is 353 g/mol. The van der Waals surface area contributed by atoms with Crippen molar-refractivity contribution in [3.8, 4) is 11.4 Å². The van der Waals surface area contributed by atoms with Gasteiger partial charge in [-0.15, -0.1) is 10.2 Å². The highest BCUT2D eigenvalue weighted by atomic mass is 32.2. The Balaban J connectivity index is 1.79. The van der Waals surface area contributed by atoms with E-state index in [1.54, 1.807) is 37.7 Å². The monoisotopic (exact) mass is 353 g/mol. The minimum Gasteiger partial charge on any atom is -0.497 e. The predicted octanol–water partition coefficient (Wildman–Crippen LogP) is 3.95. The molecule has 0 aliphatic carbocycles. The Labute approximate surface area is 151 Å². The Morgan fingerprint density at radius 2 is 1.88 bits per heavy atom. The maximum absolute atomic E-state index is 12.7. The predicted molar refractivity (Wildman–Crippen MR) is 98.7 cm³/mol. The molecule has 5 nitrogen and oxygen atoms in total. The van der Waals surface area contributed by atoms with Gasteiger partial charge in [0.15, 0.2) is 10.9 Å². The van der Waals surface area contributed by atoms with E-state index < -0.39 is 0 Å². The molecule has 0 bridgehead atoms. The molecular formula is C19H19N3O2S. The summed E-state index contributed by atoms with van der Waals surface area (Å²) < 4.78 is 7.05. The number of carbonyl (C=O) groups excluding carboxylic acids is 1. The first kappa shape index (κ1) is 17.2. The standard InChI is InChI=1S/C19H19N3O2S/c1-13-6-4-5-7-17(13)22-12-20-21-19(22)25-14(2)18(23)15-8-10-16(24-3)11-9-15/h4-12,14H,1-3H3. The molecular weight excluding hydrogens is 334 g/mol. The van der Waals surface area contributed by atoms with Gasteiger partial charge >= 0.3 is 0 Å². The van der Waals surface area contributed by atoms with Crippen LogP contribution < -0.4 is 4.74 Å². The first-order chi connectivity index (χ1) is 12.1. The third-order valence-electron chi connectivity index (χ3n) is 3.92. The minimum atomic E-state index is -0.277. The van der Waals surface area contributed by atoms with Gasteiger partial charge in [-0.1, -0.05) is 30.0 Å². The van der Waals surface area contributed by atoms with Gasteiger partial charge < -0.3 is 4.74 Å².